The van der Waals surface area contributed by atoms with Crippen molar-refractivity contribution in [2.45, 2.75) is 6.10 Å². The molecular weight excluding hydrogens is 234 g/mol. The van der Waals surface area contributed by atoms with Gasteiger partial charge in [-0.2, -0.15) is 0 Å². The molecule has 1 fully saturated rings. The van der Waals surface area contributed by atoms with Gasteiger partial charge in [0.2, 0.25) is 0 Å². The zero-order valence-corrected chi connectivity index (χ0v) is 9.11. The Kier molecular flexibility index (Phi) is 3.66. The molecule has 1 aliphatic rings. The molecule has 0 aliphatic carbocycles. The minimum atomic E-state index is -0.595. The summed E-state index contributed by atoms with van der Waals surface area (Å²) in [7, 11) is 0. The number of ether oxygens (including phenoxy) is 2. The van der Waals surface area contributed by atoms with E-state index in [9.17, 15) is 4.79 Å². The van der Waals surface area contributed by atoms with Gasteiger partial charge >= 0.3 is 0 Å². The molecule has 0 bridgehead atoms. The van der Waals surface area contributed by atoms with Gasteiger partial charge in [0.05, 0.1) is 19.8 Å². The SMILES string of the molecule is O=C(Nc1cc(Cl)ncn1)C1COCCO1. The van der Waals surface area contributed by atoms with E-state index >= 15 is 0 Å². The van der Waals surface area contributed by atoms with Crippen LogP contribution in [0.5, 0.6) is 0 Å². The van der Waals surface area contributed by atoms with E-state index in [0.29, 0.717) is 19.0 Å². The van der Waals surface area contributed by atoms with Crippen LogP contribution in [0.15, 0.2) is 12.4 Å². The van der Waals surface area contributed by atoms with E-state index in [2.05, 4.69) is 15.3 Å². The van der Waals surface area contributed by atoms with Crippen LogP contribution in [0.1, 0.15) is 0 Å². The molecule has 1 aromatic rings. The molecule has 6 nitrogen and oxygen atoms in total. The molecule has 0 radical (unpaired) electrons. The standard InChI is InChI=1S/C9H10ClN3O3/c10-7-3-8(12-5-11-7)13-9(14)6-4-15-1-2-16-6/h3,5-6H,1-2,4H2,(H,11,12,13,14). The lowest BCUT2D eigenvalue weighted by atomic mass is 10.3. The van der Waals surface area contributed by atoms with Crippen molar-refractivity contribution >= 4 is 23.3 Å². The van der Waals surface area contributed by atoms with Crippen LogP contribution < -0.4 is 5.32 Å². The summed E-state index contributed by atoms with van der Waals surface area (Å²) >= 11 is 5.66. The Hall–Kier alpha value is -1.24. The topological polar surface area (TPSA) is 73.3 Å². The molecular formula is C9H10ClN3O3. The summed E-state index contributed by atoms with van der Waals surface area (Å²) in [6.45, 7) is 1.19. The molecule has 2 rings (SSSR count). The largest absolute Gasteiger partial charge is 0.376 e. The minimum Gasteiger partial charge on any atom is -0.376 e. The van der Waals surface area contributed by atoms with Gasteiger partial charge in [0.15, 0.2) is 6.10 Å². The summed E-state index contributed by atoms with van der Waals surface area (Å²) in [6.07, 6.45) is 0.679. The number of carbonyl (C=O) groups is 1. The van der Waals surface area contributed by atoms with Crippen molar-refractivity contribution in [3.05, 3.63) is 17.5 Å². The third-order valence-electron chi connectivity index (χ3n) is 1.99. The Balaban J connectivity index is 1.96. The van der Waals surface area contributed by atoms with Gasteiger partial charge in [0, 0.05) is 6.07 Å². The first-order valence-corrected chi connectivity index (χ1v) is 5.11. The molecule has 1 N–H and O–H groups in total. The van der Waals surface area contributed by atoms with Crippen LogP contribution in [0.3, 0.4) is 0 Å². The van der Waals surface area contributed by atoms with Crippen molar-refractivity contribution in [2.24, 2.45) is 0 Å². The summed E-state index contributed by atoms with van der Waals surface area (Å²) in [5.74, 6) is 0.0497. The molecule has 1 atom stereocenters. The number of aromatic nitrogens is 2. The molecule has 2 heterocycles. The average Bonchev–Trinajstić information content (AvgIpc) is 2.30. The van der Waals surface area contributed by atoms with E-state index in [1.807, 2.05) is 0 Å². The first kappa shape index (κ1) is 11.3. The predicted molar refractivity (Wildman–Crippen MR) is 56.2 cm³/mol. The molecule has 1 unspecified atom stereocenters. The maximum absolute atomic E-state index is 11.7. The first-order chi connectivity index (χ1) is 7.75. The molecule has 0 spiro atoms. The highest BCUT2D eigenvalue weighted by Gasteiger charge is 2.22. The number of hydrogen-bond acceptors (Lipinski definition) is 5. The lowest BCUT2D eigenvalue weighted by Crippen LogP contribution is -2.39. The average molecular weight is 244 g/mol. The molecule has 0 aromatic carbocycles. The van der Waals surface area contributed by atoms with Gasteiger partial charge in [-0.3, -0.25) is 4.79 Å². The third kappa shape index (κ3) is 2.88. The quantitative estimate of drug-likeness (QED) is 0.765. The summed E-state index contributed by atoms with van der Waals surface area (Å²) in [5.41, 5.74) is 0. The maximum atomic E-state index is 11.7. The number of nitrogens with one attached hydrogen (secondary N) is 1. The van der Waals surface area contributed by atoms with Crippen LogP contribution in [0, 0.1) is 0 Å². The van der Waals surface area contributed by atoms with Crippen molar-refractivity contribution in [3.8, 4) is 0 Å². The van der Waals surface area contributed by atoms with E-state index in [1.165, 1.54) is 12.4 Å². The zero-order chi connectivity index (χ0) is 11.4. The fourth-order valence-electron chi connectivity index (χ4n) is 1.25. The highest BCUT2D eigenvalue weighted by atomic mass is 35.5. The number of anilines is 1. The number of carbonyl (C=O) groups excluding carboxylic acids is 1. The number of hydrogen-bond donors (Lipinski definition) is 1. The van der Waals surface area contributed by atoms with Crippen LogP contribution in [0.25, 0.3) is 0 Å². The number of amides is 1. The normalized spacial score (nSPS) is 20.4. The van der Waals surface area contributed by atoms with Gasteiger partial charge in [-0.1, -0.05) is 11.6 Å². The van der Waals surface area contributed by atoms with Crippen molar-refractivity contribution in [2.75, 3.05) is 25.1 Å². The Bertz CT molecular complexity index is 382. The minimum absolute atomic E-state index is 0.255. The van der Waals surface area contributed by atoms with E-state index < -0.39 is 6.10 Å². The Morgan fingerprint density at radius 1 is 1.50 bits per heavy atom. The second-order valence-electron chi connectivity index (χ2n) is 3.15. The second kappa shape index (κ2) is 5.20. The lowest BCUT2D eigenvalue weighted by Gasteiger charge is -2.21. The number of halogens is 1. The third-order valence-corrected chi connectivity index (χ3v) is 2.20. The van der Waals surface area contributed by atoms with Gasteiger partial charge in [-0.05, 0) is 0 Å². The van der Waals surface area contributed by atoms with Gasteiger partial charge in [-0.25, -0.2) is 9.97 Å². The van der Waals surface area contributed by atoms with Crippen LogP contribution in [0.4, 0.5) is 5.82 Å². The number of rotatable bonds is 2. The van der Waals surface area contributed by atoms with Gasteiger partial charge in [0.1, 0.15) is 17.3 Å². The van der Waals surface area contributed by atoms with E-state index in [0.717, 1.165) is 0 Å². The molecule has 0 saturated carbocycles. The maximum Gasteiger partial charge on any atom is 0.257 e. The number of nitrogens with zero attached hydrogens (tertiary/aromatic N) is 2. The smallest absolute Gasteiger partial charge is 0.257 e. The van der Waals surface area contributed by atoms with Crippen LogP contribution >= 0.6 is 11.6 Å². The van der Waals surface area contributed by atoms with Gasteiger partial charge < -0.3 is 14.8 Å². The van der Waals surface area contributed by atoms with Crippen molar-refractivity contribution in [3.63, 3.8) is 0 Å². The lowest BCUT2D eigenvalue weighted by molar-refractivity contribution is -0.142. The summed E-state index contributed by atoms with van der Waals surface area (Å²) in [4.78, 5) is 19.2. The monoisotopic (exact) mass is 243 g/mol. The van der Waals surface area contributed by atoms with Gasteiger partial charge in [0.25, 0.3) is 5.91 Å². The molecule has 1 saturated heterocycles. The van der Waals surface area contributed by atoms with Crippen molar-refractivity contribution < 1.29 is 14.3 Å². The molecule has 1 amide bonds. The Morgan fingerprint density at radius 2 is 2.38 bits per heavy atom. The molecule has 16 heavy (non-hydrogen) atoms. The fraction of sp³-hybridized carbons (Fsp3) is 0.444. The van der Waals surface area contributed by atoms with Crippen molar-refractivity contribution in [1.82, 2.24) is 9.97 Å². The van der Waals surface area contributed by atoms with Crippen molar-refractivity contribution in [1.29, 1.82) is 0 Å². The fourth-order valence-corrected chi connectivity index (χ4v) is 1.39. The first-order valence-electron chi connectivity index (χ1n) is 4.73. The molecule has 7 heteroatoms. The van der Waals surface area contributed by atoms with Gasteiger partial charge in [-0.15, -0.1) is 0 Å². The molecule has 1 aromatic heterocycles. The second-order valence-corrected chi connectivity index (χ2v) is 3.54. The zero-order valence-electron chi connectivity index (χ0n) is 8.35. The van der Waals surface area contributed by atoms with Crippen LogP contribution in [-0.4, -0.2) is 41.8 Å². The highest BCUT2D eigenvalue weighted by Crippen LogP contribution is 2.10. The summed E-state index contributed by atoms with van der Waals surface area (Å²) < 4.78 is 10.3. The molecule has 1 aliphatic heterocycles. The van der Waals surface area contributed by atoms with E-state index in [-0.39, 0.29) is 17.7 Å². The summed E-state index contributed by atoms with van der Waals surface area (Å²) in [6, 6.07) is 1.46. The Morgan fingerprint density at radius 3 is 3.06 bits per heavy atom. The van der Waals surface area contributed by atoms with E-state index in [4.69, 9.17) is 21.1 Å². The van der Waals surface area contributed by atoms with Crippen LogP contribution in [-0.2, 0) is 14.3 Å². The highest BCUT2D eigenvalue weighted by molar-refractivity contribution is 6.29. The molecule has 86 valence electrons. The van der Waals surface area contributed by atoms with E-state index in [1.54, 1.807) is 0 Å². The Labute approximate surface area is 96.9 Å². The van der Waals surface area contributed by atoms with Crippen LogP contribution in [0.2, 0.25) is 5.15 Å². The predicted octanol–water partition coefficient (Wildman–Crippen LogP) is 0.484. The summed E-state index contributed by atoms with van der Waals surface area (Å²) in [5, 5.41) is 2.84.